The SMILES string of the molecule is Cn1ccc(CC(c2ccc(-c3c(-n4cnnn4)ccc(Cl)c3F)c[n+]2[O-])n2cc(-c3ccnc(C#N)c3)cn2)n1. The molecular formula is C27H19ClFN11O. The highest BCUT2D eigenvalue weighted by Gasteiger charge is 2.27. The predicted molar refractivity (Wildman–Crippen MR) is 144 cm³/mol. The maximum atomic E-state index is 15.3. The van der Waals surface area contributed by atoms with E-state index in [-0.39, 0.29) is 21.8 Å². The Balaban J connectivity index is 1.43. The molecule has 0 bridgehead atoms. The summed E-state index contributed by atoms with van der Waals surface area (Å²) in [5.41, 5.74) is 3.57. The summed E-state index contributed by atoms with van der Waals surface area (Å²) in [5.74, 6) is -0.705. The normalized spacial score (nSPS) is 11.9. The lowest BCUT2D eigenvalue weighted by molar-refractivity contribution is -0.615. The molecule has 0 aliphatic heterocycles. The van der Waals surface area contributed by atoms with Crippen LogP contribution in [0.15, 0.2) is 79.8 Å². The Hall–Kier alpha value is -5.48. The van der Waals surface area contributed by atoms with Crippen LogP contribution >= 0.6 is 11.6 Å². The Morgan fingerprint density at radius 3 is 2.76 bits per heavy atom. The third-order valence-corrected chi connectivity index (χ3v) is 6.84. The highest BCUT2D eigenvalue weighted by molar-refractivity contribution is 6.31. The van der Waals surface area contributed by atoms with Crippen LogP contribution in [-0.2, 0) is 13.5 Å². The van der Waals surface area contributed by atoms with Gasteiger partial charge in [0, 0.05) is 43.7 Å². The van der Waals surface area contributed by atoms with Crippen molar-refractivity contribution < 1.29 is 9.12 Å². The second-order valence-electron chi connectivity index (χ2n) is 9.13. The molecule has 0 aliphatic rings. The van der Waals surface area contributed by atoms with E-state index in [4.69, 9.17) is 11.6 Å². The number of nitrogens with zero attached hydrogens (tertiary/aromatic N) is 11. The van der Waals surface area contributed by atoms with E-state index in [1.54, 1.807) is 58.3 Å². The summed E-state index contributed by atoms with van der Waals surface area (Å²) in [6, 6.07) is 13.0. The summed E-state index contributed by atoms with van der Waals surface area (Å²) in [5, 5.41) is 42.8. The first-order valence-electron chi connectivity index (χ1n) is 12.3. The molecule has 0 N–H and O–H groups in total. The zero-order valence-corrected chi connectivity index (χ0v) is 22.1. The molecule has 0 aliphatic carbocycles. The van der Waals surface area contributed by atoms with E-state index >= 15 is 4.39 Å². The number of hydrogen-bond donors (Lipinski definition) is 0. The van der Waals surface area contributed by atoms with Crippen molar-refractivity contribution in [2.24, 2.45) is 7.05 Å². The van der Waals surface area contributed by atoms with Crippen molar-refractivity contribution in [1.82, 2.24) is 44.8 Å². The van der Waals surface area contributed by atoms with Gasteiger partial charge in [-0.25, -0.2) is 9.37 Å². The van der Waals surface area contributed by atoms with Crippen molar-refractivity contribution in [3.63, 3.8) is 0 Å². The Labute approximate surface area is 237 Å². The first kappa shape index (κ1) is 25.8. The topological polar surface area (TPSA) is 143 Å². The molecule has 1 aromatic carbocycles. The maximum absolute atomic E-state index is 15.3. The van der Waals surface area contributed by atoms with Crippen LogP contribution < -0.4 is 4.73 Å². The fourth-order valence-electron chi connectivity index (χ4n) is 4.61. The van der Waals surface area contributed by atoms with E-state index in [1.807, 2.05) is 25.4 Å². The molecule has 12 nitrogen and oxygen atoms in total. The van der Waals surface area contributed by atoms with E-state index in [2.05, 4.69) is 30.7 Å². The van der Waals surface area contributed by atoms with Crippen LogP contribution in [0, 0.1) is 22.4 Å². The number of pyridine rings is 2. The van der Waals surface area contributed by atoms with Gasteiger partial charge in [-0.2, -0.15) is 24.9 Å². The number of rotatable bonds is 7. The van der Waals surface area contributed by atoms with Crippen LogP contribution in [0.2, 0.25) is 5.02 Å². The molecule has 0 saturated carbocycles. The fourth-order valence-corrected chi connectivity index (χ4v) is 4.77. The Kier molecular flexibility index (Phi) is 6.66. The van der Waals surface area contributed by atoms with Crippen LogP contribution in [0.1, 0.15) is 23.1 Å². The van der Waals surface area contributed by atoms with Gasteiger partial charge in [-0.05, 0) is 52.4 Å². The number of halogens is 2. The molecule has 5 aromatic heterocycles. The van der Waals surface area contributed by atoms with Crippen LogP contribution in [0.25, 0.3) is 27.9 Å². The molecular weight excluding hydrogens is 549 g/mol. The van der Waals surface area contributed by atoms with E-state index in [9.17, 15) is 10.5 Å². The van der Waals surface area contributed by atoms with Crippen molar-refractivity contribution in [3.05, 3.63) is 113 Å². The summed E-state index contributed by atoms with van der Waals surface area (Å²) >= 11 is 6.10. The summed E-state index contributed by atoms with van der Waals surface area (Å²) in [7, 11) is 1.81. The predicted octanol–water partition coefficient (Wildman–Crippen LogP) is 3.45. The van der Waals surface area contributed by atoms with Crippen LogP contribution in [0.4, 0.5) is 4.39 Å². The molecule has 0 radical (unpaired) electrons. The highest BCUT2D eigenvalue weighted by Crippen LogP contribution is 2.33. The molecule has 14 heteroatoms. The van der Waals surface area contributed by atoms with Gasteiger partial charge >= 0.3 is 0 Å². The van der Waals surface area contributed by atoms with Gasteiger partial charge in [0.15, 0.2) is 12.0 Å². The molecule has 1 unspecified atom stereocenters. The monoisotopic (exact) mass is 567 g/mol. The highest BCUT2D eigenvalue weighted by atomic mass is 35.5. The molecule has 202 valence electrons. The molecule has 0 spiro atoms. The average Bonchev–Trinajstić information content (AvgIpc) is 3.76. The van der Waals surface area contributed by atoms with Crippen molar-refractivity contribution >= 4 is 11.6 Å². The summed E-state index contributed by atoms with van der Waals surface area (Å²) in [4.78, 5) is 4.02. The zero-order valence-electron chi connectivity index (χ0n) is 21.4. The van der Waals surface area contributed by atoms with Crippen molar-refractivity contribution in [3.8, 4) is 34.0 Å². The number of aryl methyl sites for hydroxylation is 1. The fraction of sp³-hybridized carbons (Fsp3) is 0.111. The number of tetrazole rings is 1. The molecule has 5 heterocycles. The third-order valence-electron chi connectivity index (χ3n) is 6.54. The third kappa shape index (κ3) is 4.99. The van der Waals surface area contributed by atoms with Gasteiger partial charge in [0.1, 0.15) is 24.1 Å². The summed E-state index contributed by atoms with van der Waals surface area (Å²) < 4.78 is 20.7. The van der Waals surface area contributed by atoms with E-state index in [0.717, 1.165) is 16.8 Å². The van der Waals surface area contributed by atoms with E-state index in [0.29, 0.717) is 22.5 Å². The van der Waals surface area contributed by atoms with Gasteiger partial charge in [-0.1, -0.05) is 11.6 Å². The van der Waals surface area contributed by atoms with Gasteiger partial charge in [0.2, 0.25) is 5.69 Å². The summed E-state index contributed by atoms with van der Waals surface area (Å²) in [6.45, 7) is 0. The Bertz CT molecular complexity index is 1910. The summed E-state index contributed by atoms with van der Waals surface area (Å²) in [6.07, 6.45) is 9.79. The minimum absolute atomic E-state index is 0.0783. The second kappa shape index (κ2) is 10.6. The van der Waals surface area contributed by atoms with Crippen molar-refractivity contribution in [2.45, 2.75) is 12.5 Å². The van der Waals surface area contributed by atoms with Gasteiger partial charge < -0.3 is 5.21 Å². The smallest absolute Gasteiger partial charge is 0.217 e. The number of hydrogen-bond acceptors (Lipinski definition) is 8. The number of nitriles is 1. The minimum atomic E-state index is -0.705. The molecule has 1 atom stereocenters. The number of aromatic nitrogens is 10. The Morgan fingerprint density at radius 2 is 2.02 bits per heavy atom. The first-order chi connectivity index (χ1) is 19.9. The second-order valence-corrected chi connectivity index (χ2v) is 9.54. The molecule has 41 heavy (non-hydrogen) atoms. The Morgan fingerprint density at radius 1 is 1.15 bits per heavy atom. The maximum Gasteiger partial charge on any atom is 0.217 e. The van der Waals surface area contributed by atoms with Gasteiger partial charge in [-0.3, -0.25) is 9.36 Å². The minimum Gasteiger partial charge on any atom is -0.618 e. The lowest BCUT2D eigenvalue weighted by Gasteiger charge is -2.18. The van der Waals surface area contributed by atoms with Crippen molar-refractivity contribution in [1.29, 1.82) is 5.26 Å². The zero-order chi connectivity index (χ0) is 28.5. The van der Waals surface area contributed by atoms with Crippen LogP contribution in [-0.4, -0.2) is 44.8 Å². The number of benzene rings is 1. The van der Waals surface area contributed by atoms with Gasteiger partial charge in [0.25, 0.3) is 0 Å². The van der Waals surface area contributed by atoms with Gasteiger partial charge in [0.05, 0.1) is 33.7 Å². The molecule has 6 aromatic rings. The van der Waals surface area contributed by atoms with Crippen LogP contribution in [0.5, 0.6) is 0 Å². The van der Waals surface area contributed by atoms with Crippen molar-refractivity contribution in [2.75, 3.05) is 0 Å². The van der Waals surface area contributed by atoms with E-state index in [1.165, 1.54) is 23.3 Å². The largest absolute Gasteiger partial charge is 0.618 e. The average molecular weight is 568 g/mol. The standard InChI is InChI=1S/C27H19ClFN11O/c1-37-9-7-20(34-37)11-25(38-14-19(13-33-38)17-6-8-31-21(10-17)12-30)23-4-2-18(15-40(23)41)26-24(39-16-32-35-36-39)5-3-22(28)27(26)29/h2-10,13-16,25H,11H2,1H3. The van der Waals surface area contributed by atoms with Crippen LogP contribution in [0.3, 0.4) is 0 Å². The quantitative estimate of drug-likeness (QED) is 0.211. The molecule has 0 saturated heterocycles. The molecule has 6 rings (SSSR count). The molecule has 0 fully saturated rings. The lowest BCUT2D eigenvalue weighted by atomic mass is 10.0. The first-order valence-corrected chi connectivity index (χ1v) is 12.6. The molecule has 0 amide bonds. The van der Waals surface area contributed by atoms with Gasteiger partial charge in [-0.15, -0.1) is 5.10 Å². The lowest BCUT2D eigenvalue weighted by Crippen LogP contribution is -2.36. The van der Waals surface area contributed by atoms with E-state index < -0.39 is 11.9 Å².